The second kappa shape index (κ2) is 6.74. The molecule has 0 saturated carbocycles. The first kappa shape index (κ1) is 15.5. The Balaban J connectivity index is 2.18. The molecule has 0 aliphatic heterocycles. The average molecular weight is 324 g/mol. The van der Waals surface area contributed by atoms with Crippen molar-refractivity contribution in [1.82, 2.24) is 0 Å². The van der Waals surface area contributed by atoms with Crippen LogP contribution >= 0.6 is 22.9 Å². The topological polar surface area (TPSA) is 55.4 Å². The van der Waals surface area contributed by atoms with Gasteiger partial charge in [0.05, 0.1) is 23.4 Å². The fourth-order valence-corrected chi connectivity index (χ4v) is 3.14. The smallest absolute Gasteiger partial charge is 0.341 e. The van der Waals surface area contributed by atoms with Gasteiger partial charge in [-0.2, -0.15) is 0 Å². The number of ether oxygens (including phenoxy) is 1. The van der Waals surface area contributed by atoms with Gasteiger partial charge < -0.3 is 10.1 Å². The first-order valence-corrected chi connectivity index (χ1v) is 7.43. The molecule has 6 heteroatoms. The fraction of sp³-hybridized carbons (Fsp3) is 0.200. The van der Waals surface area contributed by atoms with Gasteiger partial charge in [-0.1, -0.05) is 41.9 Å². The SMILES string of the molecule is COC(=O)c1c(NC(=O)Cc2ccccc2)sc(Cl)c1C. The molecule has 21 heavy (non-hydrogen) atoms. The third-order valence-electron chi connectivity index (χ3n) is 2.94. The molecule has 4 nitrogen and oxygen atoms in total. The number of thiophene rings is 1. The van der Waals surface area contributed by atoms with Crippen molar-refractivity contribution in [2.75, 3.05) is 12.4 Å². The van der Waals surface area contributed by atoms with Gasteiger partial charge in [0.2, 0.25) is 5.91 Å². The Morgan fingerprint density at radius 3 is 2.57 bits per heavy atom. The van der Waals surface area contributed by atoms with Crippen LogP contribution in [0.1, 0.15) is 21.5 Å². The molecule has 0 radical (unpaired) electrons. The molecule has 0 spiro atoms. The molecule has 1 aromatic carbocycles. The lowest BCUT2D eigenvalue weighted by atomic mass is 10.1. The van der Waals surface area contributed by atoms with Gasteiger partial charge in [0.1, 0.15) is 5.00 Å². The van der Waals surface area contributed by atoms with E-state index < -0.39 is 5.97 Å². The van der Waals surface area contributed by atoms with E-state index in [0.29, 0.717) is 20.5 Å². The quantitative estimate of drug-likeness (QED) is 0.873. The van der Waals surface area contributed by atoms with Crippen LogP contribution < -0.4 is 5.32 Å². The van der Waals surface area contributed by atoms with Crippen LogP contribution in [-0.4, -0.2) is 19.0 Å². The Morgan fingerprint density at radius 2 is 1.95 bits per heavy atom. The summed E-state index contributed by atoms with van der Waals surface area (Å²) in [7, 11) is 1.29. The van der Waals surface area contributed by atoms with E-state index in [1.807, 2.05) is 30.3 Å². The predicted molar refractivity (Wildman–Crippen MR) is 84.2 cm³/mol. The van der Waals surface area contributed by atoms with Crippen molar-refractivity contribution in [3.63, 3.8) is 0 Å². The van der Waals surface area contributed by atoms with E-state index in [1.165, 1.54) is 7.11 Å². The van der Waals surface area contributed by atoms with E-state index in [9.17, 15) is 9.59 Å². The van der Waals surface area contributed by atoms with Gasteiger partial charge in [-0.15, -0.1) is 11.3 Å². The summed E-state index contributed by atoms with van der Waals surface area (Å²) >= 11 is 7.19. The van der Waals surface area contributed by atoms with Crippen molar-refractivity contribution in [2.45, 2.75) is 13.3 Å². The number of anilines is 1. The van der Waals surface area contributed by atoms with E-state index in [2.05, 4.69) is 5.32 Å². The highest BCUT2D eigenvalue weighted by Crippen LogP contribution is 2.37. The molecule has 2 aromatic rings. The summed E-state index contributed by atoms with van der Waals surface area (Å²) in [6.45, 7) is 1.72. The number of amides is 1. The summed E-state index contributed by atoms with van der Waals surface area (Å²) in [5.74, 6) is -0.713. The van der Waals surface area contributed by atoms with Crippen LogP contribution in [0.5, 0.6) is 0 Å². The van der Waals surface area contributed by atoms with Crippen LogP contribution in [0.4, 0.5) is 5.00 Å². The first-order chi connectivity index (χ1) is 10.0. The number of halogens is 1. The third kappa shape index (κ3) is 3.62. The first-order valence-electron chi connectivity index (χ1n) is 6.24. The minimum absolute atomic E-state index is 0.204. The molecule has 1 N–H and O–H groups in total. The largest absolute Gasteiger partial charge is 0.465 e. The summed E-state index contributed by atoms with van der Waals surface area (Å²) in [5, 5.41) is 3.15. The average Bonchev–Trinajstić information content (AvgIpc) is 2.74. The highest BCUT2D eigenvalue weighted by atomic mass is 35.5. The standard InChI is InChI=1S/C15H14ClNO3S/c1-9-12(15(19)20-2)14(21-13(9)16)17-11(18)8-10-6-4-3-5-7-10/h3-7H,8H2,1-2H3,(H,17,18). The molecular formula is C15H14ClNO3S. The van der Waals surface area contributed by atoms with Crippen LogP contribution in [0.25, 0.3) is 0 Å². The van der Waals surface area contributed by atoms with Crippen LogP contribution in [0.15, 0.2) is 30.3 Å². The Bertz CT molecular complexity index is 667. The summed E-state index contributed by atoms with van der Waals surface area (Å²) in [5.41, 5.74) is 1.83. The van der Waals surface area contributed by atoms with Gasteiger partial charge in [-0.25, -0.2) is 4.79 Å². The van der Waals surface area contributed by atoms with Crippen LogP contribution in [0.3, 0.4) is 0 Å². The summed E-state index contributed by atoms with van der Waals surface area (Å²) in [4.78, 5) is 23.8. The molecule has 0 aliphatic rings. The highest BCUT2D eigenvalue weighted by Gasteiger charge is 2.22. The predicted octanol–water partition coefficient (Wildman–Crippen LogP) is 3.68. The minimum Gasteiger partial charge on any atom is -0.465 e. The number of rotatable bonds is 4. The van der Waals surface area contributed by atoms with Gasteiger partial charge in [-0.05, 0) is 18.1 Å². The maximum Gasteiger partial charge on any atom is 0.341 e. The number of hydrogen-bond acceptors (Lipinski definition) is 4. The molecule has 0 fully saturated rings. The monoisotopic (exact) mass is 323 g/mol. The molecule has 0 aliphatic carbocycles. The Hall–Kier alpha value is -1.85. The Morgan fingerprint density at radius 1 is 1.29 bits per heavy atom. The second-order valence-electron chi connectivity index (χ2n) is 4.41. The molecule has 1 amide bonds. The van der Waals surface area contributed by atoms with E-state index in [4.69, 9.17) is 16.3 Å². The number of carbonyl (C=O) groups excluding carboxylic acids is 2. The van der Waals surface area contributed by atoms with Crippen molar-refractivity contribution < 1.29 is 14.3 Å². The number of nitrogens with one attached hydrogen (secondary N) is 1. The normalized spacial score (nSPS) is 10.2. The van der Waals surface area contributed by atoms with Crippen LogP contribution in [-0.2, 0) is 16.0 Å². The second-order valence-corrected chi connectivity index (χ2v) is 6.03. The number of esters is 1. The Kier molecular flexibility index (Phi) is 4.98. The molecule has 110 valence electrons. The van der Waals surface area contributed by atoms with Crippen LogP contribution in [0, 0.1) is 6.92 Å². The number of hydrogen-bond donors (Lipinski definition) is 1. The lowest BCUT2D eigenvalue weighted by Crippen LogP contribution is -2.16. The molecule has 1 aromatic heterocycles. The lowest BCUT2D eigenvalue weighted by Gasteiger charge is -2.06. The van der Waals surface area contributed by atoms with Gasteiger partial charge in [0, 0.05) is 0 Å². The Labute approximate surface area is 131 Å². The highest BCUT2D eigenvalue weighted by molar-refractivity contribution is 7.20. The van der Waals surface area contributed by atoms with Crippen molar-refractivity contribution in [3.8, 4) is 0 Å². The van der Waals surface area contributed by atoms with Gasteiger partial charge in [-0.3, -0.25) is 4.79 Å². The van der Waals surface area contributed by atoms with Gasteiger partial charge in [0.25, 0.3) is 0 Å². The summed E-state index contributed by atoms with van der Waals surface area (Å²) in [6, 6.07) is 9.36. The van der Waals surface area contributed by atoms with Gasteiger partial charge in [0.15, 0.2) is 0 Å². The van der Waals surface area contributed by atoms with E-state index in [-0.39, 0.29) is 12.3 Å². The maximum atomic E-state index is 12.1. The van der Waals surface area contributed by atoms with Crippen molar-refractivity contribution >= 4 is 39.8 Å². The molecular weight excluding hydrogens is 310 g/mol. The summed E-state index contributed by atoms with van der Waals surface area (Å²) in [6.07, 6.45) is 0.232. The lowest BCUT2D eigenvalue weighted by molar-refractivity contribution is -0.115. The zero-order valence-electron chi connectivity index (χ0n) is 11.6. The number of methoxy groups -OCH3 is 1. The summed E-state index contributed by atoms with van der Waals surface area (Å²) < 4.78 is 5.19. The van der Waals surface area contributed by atoms with Gasteiger partial charge >= 0.3 is 5.97 Å². The van der Waals surface area contributed by atoms with E-state index in [1.54, 1.807) is 6.92 Å². The van der Waals surface area contributed by atoms with Crippen molar-refractivity contribution in [3.05, 3.63) is 51.4 Å². The van der Waals surface area contributed by atoms with Crippen molar-refractivity contribution in [2.24, 2.45) is 0 Å². The molecule has 0 bridgehead atoms. The number of carbonyl (C=O) groups is 2. The number of benzene rings is 1. The molecule has 2 rings (SSSR count). The molecule has 0 unspecified atom stereocenters. The molecule has 1 heterocycles. The van der Waals surface area contributed by atoms with E-state index >= 15 is 0 Å². The minimum atomic E-state index is -0.509. The zero-order chi connectivity index (χ0) is 15.4. The molecule has 0 saturated heterocycles. The third-order valence-corrected chi connectivity index (χ3v) is 4.45. The fourth-order valence-electron chi connectivity index (χ4n) is 1.87. The van der Waals surface area contributed by atoms with Crippen LogP contribution in [0.2, 0.25) is 4.34 Å². The zero-order valence-corrected chi connectivity index (χ0v) is 13.2. The van der Waals surface area contributed by atoms with Crippen molar-refractivity contribution in [1.29, 1.82) is 0 Å². The van der Waals surface area contributed by atoms with E-state index in [0.717, 1.165) is 16.9 Å². The maximum absolute atomic E-state index is 12.1. The molecule has 0 atom stereocenters.